The largest absolute Gasteiger partial charge is 0.495 e. The zero-order valence-electron chi connectivity index (χ0n) is 12.9. The van der Waals surface area contributed by atoms with Gasteiger partial charge in [-0.15, -0.1) is 0 Å². The fraction of sp³-hybridized carbons (Fsp3) is 0.600. The summed E-state index contributed by atoms with van der Waals surface area (Å²) in [5, 5.41) is 0. The van der Waals surface area contributed by atoms with Crippen molar-refractivity contribution < 1.29 is 13.2 Å². The molecule has 1 aliphatic rings. The van der Waals surface area contributed by atoms with Crippen LogP contribution < -0.4 is 10.5 Å². The fourth-order valence-electron chi connectivity index (χ4n) is 2.63. The summed E-state index contributed by atoms with van der Waals surface area (Å²) in [5.74, 6) is 1.28. The molecule has 1 fully saturated rings. The van der Waals surface area contributed by atoms with E-state index in [0.29, 0.717) is 37.2 Å². The number of methoxy groups -OCH3 is 1. The molecule has 2 atom stereocenters. The van der Waals surface area contributed by atoms with E-state index < -0.39 is 10.0 Å². The molecule has 0 saturated carbocycles. The van der Waals surface area contributed by atoms with Crippen molar-refractivity contribution in [3.05, 3.63) is 23.8 Å². The zero-order valence-corrected chi connectivity index (χ0v) is 13.7. The maximum atomic E-state index is 12.8. The van der Waals surface area contributed by atoms with Gasteiger partial charge in [0.05, 0.1) is 7.11 Å². The summed E-state index contributed by atoms with van der Waals surface area (Å²) >= 11 is 0. The number of hydrogen-bond acceptors (Lipinski definition) is 4. The van der Waals surface area contributed by atoms with Crippen molar-refractivity contribution >= 4 is 10.0 Å². The van der Waals surface area contributed by atoms with Crippen LogP contribution in [0, 0.1) is 11.8 Å². The lowest BCUT2D eigenvalue weighted by molar-refractivity contribution is 0.212. The number of ether oxygens (including phenoxy) is 1. The van der Waals surface area contributed by atoms with E-state index in [4.69, 9.17) is 10.5 Å². The van der Waals surface area contributed by atoms with Crippen molar-refractivity contribution in [1.82, 2.24) is 4.31 Å². The fourth-order valence-corrected chi connectivity index (χ4v) is 4.33. The number of nitrogens with zero attached hydrogens (tertiary/aromatic N) is 1. The second-order valence-corrected chi connectivity index (χ2v) is 7.70. The quantitative estimate of drug-likeness (QED) is 0.920. The molecule has 0 amide bonds. The van der Waals surface area contributed by atoms with Gasteiger partial charge in [-0.1, -0.05) is 19.9 Å². The predicted molar refractivity (Wildman–Crippen MR) is 82.6 cm³/mol. The van der Waals surface area contributed by atoms with Crippen LogP contribution in [-0.4, -0.2) is 32.9 Å². The van der Waals surface area contributed by atoms with Gasteiger partial charge in [0.25, 0.3) is 0 Å². The molecule has 1 heterocycles. The minimum Gasteiger partial charge on any atom is -0.495 e. The summed E-state index contributed by atoms with van der Waals surface area (Å²) in [7, 11) is -2.04. The maximum absolute atomic E-state index is 12.8. The monoisotopic (exact) mass is 312 g/mol. The molecule has 0 aliphatic carbocycles. The van der Waals surface area contributed by atoms with Crippen LogP contribution in [0.2, 0.25) is 0 Å². The van der Waals surface area contributed by atoms with Crippen molar-refractivity contribution in [3.63, 3.8) is 0 Å². The summed E-state index contributed by atoms with van der Waals surface area (Å²) < 4.78 is 32.5. The standard InChI is InChI=1S/C15H24N2O3S/c1-11-6-7-17(10-12(11)2)21(18,19)15-5-4-13(9-16)8-14(15)20-3/h4-5,8,11-12H,6-7,9-10,16H2,1-3H3. The SMILES string of the molecule is COc1cc(CN)ccc1S(=O)(=O)N1CCC(C)C(C)C1. The first-order valence-corrected chi connectivity index (χ1v) is 8.71. The van der Waals surface area contributed by atoms with E-state index >= 15 is 0 Å². The van der Waals surface area contributed by atoms with E-state index in [2.05, 4.69) is 13.8 Å². The predicted octanol–water partition coefficient (Wildman–Crippen LogP) is 1.82. The van der Waals surface area contributed by atoms with Crippen LogP contribution in [0.25, 0.3) is 0 Å². The Bertz CT molecular complexity index is 601. The first-order chi connectivity index (χ1) is 9.90. The number of piperidine rings is 1. The molecular formula is C15H24N2O3S. The van der Waals surface area contributed by atoms with E-state index in [1.165, 1.54) is 7.11 Å². The van der Waals surface area contributed by atoms with E-state index in [-0.39, 0.29) is 4.90 Å². The van der Waals surface area contributed by atoms with Crippen molar-refractivity contribution in [2.75, 3.05) is 20.2 Å². The normalized spacial score (nSPS) is 24.0. The molecular weight excluding hydrogens is 288 g/mol. The Morgan fingerprint density at radius 1 is 1.33 bits per heavy atom. The highest BCUT2D eigenvalue weighted by Gasteiger charge is 2.33. The number of sulfonamides is 1. The molecule has 1 aromatic rings. The van der Waals surface area contributed by atoms with Crippen molar-refractivity contribution in [2.24, 2.45) is 17.6 Å². The Morgan fingerprint density at radius 3 is 2.62 bits per heavy atom. The number of benzene rings is 1. The molecule has 6 heteroatoms. The summed E-state index contributed by atoms with van der Waals surface area (Å²) in [6.07, 6.45) is 0.892. The smallest absolute Gasteiger partial charge is 0.246 e. The van der Waals surface area contributed by atoms with E-state index in [1.54, 1.807) is 22.5 Å². The molecule has 0 bridgehead atoms. The number of nitrogens with two attached hydrogens (primary N) is 1. The Balaban J connectivity index is 2.35. The van der Waals surface area contributed by atoms with Crippen LogP contribution in [0.4, 0.5) is 0 Å². The van der Waals surface area contributed by atoms with E-state index in [1.807, 2.05) is 0 Å². The molecule has 0 aromatic heterocycles. The van der Waals surface area contributed by atoms with Crippen LogP contribution in [0.1, 0.15) is 25.8 Å². The van der Waals surface area contributed by atoms with Gasteiger partial charge in [-0.3, -0.25) is 0 Å². The molecule has 2 unspecified atom stereocenters. The molecule has 1 saturated heterocycles. The molecule has 0 spiro atoms. The Labute approximate surface area is 127 Å². The topological polar surface area (TPSA) is 72.6 Å². The zero-order chi connectivity index (χ0) is 15.6. The molecule has 2 rings (SSSR count). The van der Waals surface area contributed by atoms with Crippen LogP contribution >= 0.6 is 0 Å². The highest BCUT2D eigenvalue weighted by molar-refractivity contribution is 7.89. The van der Waals surface area contributed by atoms with Crippen molar-refractivity contribution in [2.45, 2.75) is 31.7 Å². The van der Waals surface area contributed by atoms with Crippen LogP contribution in [0.5, 0.6) is 5.75 Å². The lowest BCUT2D eigenvalue weighted by Crippen LogP contribution is -2.42. The molecule has 0 radical (unpaired) electrons. The van der Waals surface area contributed by atoms with Crippen LogP contribution in [0.3, 0.4) is 0 Å². The van der Waals surface area contributed by atoms with Crippen molar-refractivity contribution in [1.29, 1.82) is 0 Å². The molecule has 5 nitrogen and oxygen atoms in total. The maximum Gasteiger partial charge on any atom is 0.246 e. The average molecular weight is 312 g/mol. The average Bonchev–Trinajstić information content (AvgIpc) is 2.49. The lowest BCUT2D eigenvalue weighted by Gasteiger charge is -2.34. The second-order valence-electron chi connectivity index (χ2n) is 5.80. The summed E-state index contributed by atoms with van der Waals surface area (Å²) in [6, 6.07) is 5.04. The minimum absolute atomic E-state index is 0.226. The summed E-state index contributed by atoms with van der Waals surface area (Å²) in [4.78, 5) is 0.226. The van der Waals surface area contributed by atoms with E-state index in [0.717, 1.165) is 12.0 Å². The van der Waals surface area contributed by atoms with E-state index in [9.17, 15) is 8.42 Å². The highest BCUT2D eigenvalue weighted by atomic mass is 32.2. The highest BCUT2D eigenvalue weighted by Crippen LogP contribution is 2.32. The third kappa shape index (κ3) is 3.22. The second kappa shape index (κ2) is 6.34. The van der Waals surface area contributed by atoms with Crippen LogP contribution in [0.15, 0.2) is 23.1 Å². The van der Waals surface area contributed by atoms with Gasteiger partial charge in [-0.05, 0) is 36.0 Å². The first kappa shape index (κ1) is 16.3. The molecule has 1 aromatic carbocycles. The van der Waals surface area contributed by atoms with Gasteiger partial charge in [0.1, 0.15) is 10.6 Å². The Morgan fingerprint density at radius 2 is 2.05 bits per heavy atom. The van der Waals surface area contributed by atoms with Gasteiger partial charge >= 0.3 is 0 Å². The third-order valence-electron chi connectivity index (χ3n) is 4.38. The molecule has 2 N–H and O–H groups in total. The van der Waals surface area contributed by atoms with Gasteiger partial charge in [0, 0.05) is 19.6 Å². The summed E-state index contributed by atoms with van der Waals surface area (Å²) in [5.41, 5.74) is 6.45. The van der Waals surface area contributed by atoms with Gasteiger partial charge < -0.3 is 10.5 Å². The van der Waals surface area contributed by atoms with Crippen molar-refractivity contribution in [3.8, 4) is 5.75 Å². The first-order valence-electron chi connectivity index (χ1n) is 7.27. The van der Waals surface area contributed by atoms with Gasteiger partial charge in [0.2, 0.25) is 10.0 Å². The molecule has 21 heavy (non-hydrogen) atoms. The number of rotatable bonds is 4. The molecule has 118 valence electrons. The Hall–Kier alpha value is -1.11. The van der Waals surface area contributed by atoms with Gasteiger partial charge in [-0.25, -0.2) is 8.42 Å². The van der Waals surface area contributed by atoms with Crippen LogP contribution in [-0.2, 0) is 16.6 Å². The minimum atomic E-state index is -3.52. The third-order valence-corrected chi connectivity index (χ3v) is 6.28. The number of hydrogen-bond donors (Lipinski definition) is 1. The Kier molecular flexibility index (Phi) is 4.91. The van der Waals surface area contributed by atoms with Gasteiger partial charge in [0.15, 0.2) is 0 Å². The lowest BCUT2D eigenvalue weighted by atomic mass is 9.90. The summed E-state index contributed by atoms with van der Waals surface area (Å²) in [6.45, 7) is 5.75. The molecule has 1 aliphatic heterocycles. The van der Waals surface area contributed by atoms with Gasteiger partial charge in [-0.2, -0.15) is 4.31 Å².